The molecule has 3 aliphatic carbocycles. The standard InChI is InChI=1S/C23H29.C5H5.C4H6.2ClH.Zr/c1-14-9-16-11-17-10-15(2)21(23(6,7)8)13-19(17)18(16)12-20(14)22(3,4)5;1-2-4-5-3-1;1-2-4-3-1;;;/h9,12-13H,11H2,1-8H3;1-3H,4H2;1-3H2;2*1H;/q;;;;;+2/p-2. The van der Waals surface area contributed by atoms with E-state index >= 15 is 0 Å². The zero-order chi connectivity index (χ0) is 23.7. The minimum absolute atomic E-state index is 0. The first-order valence-electron chi connectivity index (χ1n) is 12.9. The Labute approximate surface area is 233 Å². The quantitative estimate of drug-likeness (QED) is 0.431. The van der Waals surface area contributed by atoms with E-state index in [1.807, 2.05) is 9.76 Å². The van der Waals surface area contributed by atoms with Crippen molar-refractivity contribution in [3.63, 3.8) is 0 Å². The first-order chi connectivity index (χ1) is 15.5. The zero-order valence-electron chi connectivity index (χ0n) is 22.8. The summed E-state index contributed by atoms with van der Waals surface area (Å²) in [5.41, 5.74) is 12.8. The van der Waals surface area contributed by atoms with Crippen molar-refractivity contribution >= 4 is 6.48 Å². The second kappa shape index (κ2) is 10.2. The van der Waals surface area contributed by atoms with Gasteiger partial charge in [0.25, 0.3) is 0 Å². The summed E-state index contributed by atoms with van der Waals surface area (Å²) in [6.45, 7) is 19.1. The Balaban J connectivity index is 0.00000171. The smallest absolute Gasteiger partial charge is 1.00 e. The number of hydrogen-bond acceptors (Lipinski definition) is 0. The Hall–Kier alpha value is -0.747. The van der Waals surface area contributed by atoms with E-state index in [1.54, 1.807) is 27.8 Å². The molecule has 1 saturated carbocycles. The number of benzene rings is 2. The number of fused-ring (bicyclic) bond motifs is 3. The summed E-state index contributed by atoms with van der Waals surface area (Å²) in [5, 5.41) is 0. The molecule has 2 aromatic carbocycles. The van der Waals surface area contributed by atoms with Crippen LogP contribution in [0, 0.1) is 13.8 Å². The van der Waals surface area contributed by atoms with Gasteiger partial charge in [0.15, 0.2) is 0 Å². The number of hydrogen-bond donors (Lipinski definition) is 0. The maximum Gasteiger partial charge on any atom is -1.00 e. The number of halogens is 2. The van der Waals surface area contributed by atoms with E-state index in [1.165, 1.54) is 42.4 Å². The molecule has 0 aliphatic heterocycles. The van der Waals surface area contributed by atoms with E-state index in [4.69, 9.17) is 0 Å². The molecule has 3 heteroatoms. The first kappa shape index (κ1) is 28.8. The Morgan fingerprint density at radius 3 is 1.94 bits per heavy atom. The van der Waals surface area contributed by atoms with Crippen molar-refractivity contribution in [3.8, 4) is 11.1 Å². The summed E-state index contributed by atoms with van der Waals surface area (Å²) in [5.74, 6) is 0. The molecule has 3 aliphatic rings. The van der Waals surface area contributed by atoms with Crippen molar-refractivity contribution in [1.82, 2.24) is 0 Å². The SMILES string of the molecule is Cc1cc2c(cc1C(C)(C)C)-c1cc(C(C)(C)C)c(C)[c]([Zr+2]([C]3=CC=CC3)=[C]3CCC3)c1C2.[Cl-].[Cl-]. The molecule has 0 unspecified atom stereocenters. The van der Waals surface area contributed by atoms with Gasteiger partial charge >= 0.3 is 210 Å². The van der Waals surface area contributed by atoms with Gasteiger partial charge in [-0.25, -0.2) is 0 Å². The van der Waals surface area contributed by atoms with Gasteiger partial charge in [0.1, 0.15) is 0 Å². The van der Waals surface area contributed by atoms with Crippen LogP contribution >= 0.6 is 0 Å². The molecule has 0 aromatic heterocycles. The van der Waals surface area contributed by atoms with Crippen LogP contribution in [0.15, 0.2) is 39.7 Å². The second-order valence-electron chi connectivity index (χ2n) is 12.6. The maximum absolute atomic E-state index is 2.59. The molecule has 0 N–H and O–H groups in total. The summed E-state index contributed by atoms with van der Waals surface area (Å²) in [6.07, 6.45) is 13.7. The van der Waals surface area contributed by atoms with Crippen molar-refractivity contribution in [2.45, 2.75) is 98.3 Å². The first-order valence-corrected chi connectivity index (χ1v) is 16.6. The minimum Gasteiger partial charge on any atom is -1.00 e. The molecule has 0 atom stereocenters. The fourth-order valence-electron chi connectivity index (χ4n) is 6.34. The molecule has 0 spiro atoms. The third kappa shape index (κ3) is 5.04. The van der Waals surface area contributed by atoms with Crippen molar-refractivity contribution < 1.29 is 46.1 Å². The van der Waals surface area contributed by atoms with Crippen LogP contribution in [-0.2, 0) is 38.5 Å². The Morgan fingerprint density at radius 1 is 0.800 bits per heavy atom. The van der Waals surface area contributed by atoms with E-state index in [-0.39, 0.29) is 35.6 Å². The van der Waals surface area contributed by atoms with Crippen LogP contribution in [0.25, 0.3) is 11.1 Å². The molecule has 5 rings (SSSR count). The van der Waals surface area contributed by atoms with E-state index in [9.17, 15) is 0 Å². The van der Waals surface area contributed by atoms with Crippen LogP contribution in [0.5, 0.6) is 0 Å². The Bertz CT molecular complexity index is 1250. The van der Waals surface area contributed by atoms with Crippen molar-refractivity contribution in [2.24, 2.45) is 0 Å². The van der Waals surface area contributed by atoms with Crippen molar-refractivity contribution in [2.75, 3.05) is 0 Å². The normalized spacial score (nSPS) is 15.9. The van der Waals surface area contributed by atoms with Gasteiger partial charge in [0.05, 0.1) is 0 Å². The van der Waals surface area contributed by atoms with Gasteiger partial charge in [-0.15, -0.1) is 0 Å². The topological polar surface area (TPSA) is 0 Å². The third-order valence-corrected chi connectivity index (χ3v) is 16.4. The summed E-state index contributed by atoms with van der Waals surface area (Å²) >= 11 is -2.06. The predicted molar refractivity (Wildman–Crippen MR) is 142 cm³/mol. The summed E-state index contributed by atoms with van der Waals surface area (Å²) in [6, 6.07) is 7.66. The molecule has 0 heterocycles. The monoisotopic (exact) mass is 584 g/mol. The van der Waals surface area contributed by atoms with Crippen LogP contribution in [0.1, 0.15) is 101 Å². The number of aryl methyl sites for hydroxylation is 1. The second-order valence-corrected chi connectivity index (χ2v) is 19.0. The fourth-order valence-corrected chi connectivity index (χ4v) is 15.2. The van der Waals surface area contributed by atoms with Crippen LogP contribution in [0.3, 0.4) is 0 Å². The van der Waals surface area contributed by atoms with Crippen LogP contribution in [0.4, 0.5) is 0 Å². The van der Waals surface area contributed by atoms with Gasteiger partial charge in [-0.2, -0.15) is 0 Å². The van der Waals surface area contributed by atoms with Crippen LogP contribution in [-0.4, -0.2) is 3.21 Å². The van der Waals surface area contributed by atoms with Gasteiger partial charge < -0.3 is 24.8 Å². The van der Waals surface area contributed by atoms with E-state index in [2.05, 4.69) is 91.8 Å². The molecule has 2 aromatic rings. The molecular weight excluding hydrogens is 546 g/mol. The minimum atomic E-state index is -2.06. The average molecular weight is 587 g/mol. The molecule has 0 nitrogen and oxygen atoms in total. The van der Waals surface area contributed by atoms with Crippen molar-refractivity contribution in [1.29, 1.82) is 0 Å². The van der Waals surface area contributed by atoms with E-state index in [0.717, 1.165) is 6.42 Å². The summed E-state index contributed by atoms with van der Waals surface area (Å²) in [7, 11) is 0. The molecule has 1 fully saturated rings. The molecule has 186 valence electrons. The zero-order valence-corrected chi connectivity index (χ0v) is 26.7. The van der Waals surface area contributed by atoms with Crippen molar-refractivity contribution in [3.05, 3.63) is 73.1 Å². The summed E-state index contributed by atoms with van der Waals surface area (Å²) < 4.78 is 5.62. The van der Waals surface area contributed by atoms with E-state index in [0.29, 0.717) is 0 Å². The average Bonchev–Trinajstić information content (AvgIpc) is 3.29. The molecular formula is C32H40Cl2Zr. The fraction of sp³-hybridized carbons (Fsp3) is 0.469. The molecule has 35 heavy (non-hydrogen) atoms. The third-order valence-electron chi connectivity index (χ3n) is 8.07. The van der Waals surface area contributed by atoms with Gasteiger partial charge in [-0.3, -0.25) is 0 Å². The molecule has 0 bridgehead atoms. The van der Waals surface area contributed by atoms with Gasteiger partial charge in [0.2, 0.25) is 0 Å². The molecule has 0 radical (unpaired) electrons. The Kier molecular flexibility index (Phi) is 8.39. The number of rotatable bonds is 2. The Morgan fingerprint density at radius 2 is 1.43 bits per heavy atom. The largest absolute Gasteiger partial charge is 1.00 e. The summed E-state index contributed by atoms with van der Waals surface area (Å²) in [4.78, 5) is 0. The maximum atomic E-state index is 2.59. The van der Waals surface area contributed by atoms with Gasteiger partial charge in [-0.05, 0) is 0 Å². The van der Waals surface area contributed by atoms with Crippen LogP contribution in [0.2, 0.25) is 0 Å². The number of allylic oxidation sites excluding steroid dienone is 4. The van der Waals surface area contributed by atoms with E-state index < -0.39 is 21.3 Å². The van der Waals surface area contributed by atoms with Crippen LogP contribution < -0.4 is 28.1 Å². The molecule has 0 saturated heterocycles. The predicted octanol–water partition coefficient (Wildman–Crippen LogP) is 1.92. The van der Waals surface area contributed by atoms with Gasteiger partial charge in [0, 0.05) is 0 Å². The van der Waals surface area contributed by atoms with Gasteiger partial charge in [-0.1, -0.05) is 0 Å². The molecule has 0 amide bonds.